The summed E-state index contributed by atoms with van der Waals surface area (Å²) in [5.74, 6) is -2.75. The van der Waals surface area contributed by atoms with Gasteiger partial charge in [0.25, 0.3) is 0 Å². The Kier molecular flexibility index (Phi) is 7.69. The molecule has 2 atom stereocenters. The lowest BCUT2D eigenvalue weighted by Crippen LogP contribution is -2.52. The number of carbonyl (C=O) groups is 3. The average Bonchev–Trinajstić information content (AvgIpc) is 2.62. The van der Waals surface area contributed by atoms with E-state index in [0.29, 0.717) is 5.56 Å². The van der Waals surface area contributed by atoms with Gasteiger partial charge >= 0.3 is 5.97 Å². The summed E-state index contributed by atoms with van der Waals surface area (Å²) in [6.45, 7) is 1.25. The molecule has 6 nitrogen and oxygen atoms in total. The first-order chi connectivity index (χ1) is 13.2. The highest BCUT2D eigenvalue weighted by molar-refractivity contribution is 9.10. The Hall–Kier alpha value is -2.74. The van der Waals surface area contributed by atoms with E-state index in [4.69, 9.17) is 0 Å². The first-order valence-corrected chi connectivity index (χ1v) is 9.33. The number of hydrogen-bond donors (Lipinski definition) is 3. The molecule has 0 heterocycles. The maximum Gasteiger partial charge on any atom is 0.326 e. The van der Waals surface area contributed by atoms with E-state index in [9.17, 15) is 23.9 Å². The van der Waals surface area contributed by atoms with E-state index in [1.54, 1.807) is 30.3 Å². The zero-order valence-corrected chi connectivity index (χ0v) is 16.7. The second-order valence-corrected chi connectivity index (χ2v) is 7.23. The van der Waals surface area contributed by atoms with Crippen molar-refractivity contribution >= 4 is 33.7 Å². The average molecular weight is 451 g/mol. The Balaban J connectivity index is 2.12. The normalized spacial score (nSPS) is 12.7. The molecule has 0 aromatic heterocycles. The van der Waals surface area contributed by atoms with Crippen LogP contribution >= 0.6 is 15.9 Å². The van der Waals surface area contributed by atoms with Gasteiger partial charge < -0.3 is 15.7 Å². The van der Waals surface area contributed by atoms with Crippen LogP contribution in [0.1, 0.15) is 18.1 Å². The van der Waals surface area contributed by atoms with Crippen LogP contribution in [-0.2, 0) is 27.2 Å². The minimum absolute atomic E-state index is 0.0355. The predicted molar refractivity (Wildman–Crippen MR) is 105 cm³/mol. The summed E-state index contributed by atoms with van der Waals surface area (Å²) < 4.78 is 14.3. The van der Waals surface area contributed by atoms with Crippen molar-refractivity contribution in [2.75, 3.05) is 0 Å². The summed E-state index contributed by atoms with van der Waals surface area (Å²) in [7, 11) is 0. The number of benzene rings is 2. The van der Waals surface area contributed by atoms with Gasteiger partial charge in [0.2, 0.25) is 11.8 Å². The summed E-state index contributed by atoms with van der Waals surface area (Å²) >= 11 is 3.31. The number of nitrogens with one attached hydrogen (secondary N) is 2. The van der Waals surface area contributed by atoms with Gasteiger partial charge in [-0.25, -0.2) is 9.18 Å². The molecule has 0 spiro atoms. The van der Waals surface area contributed by atoms with Crippen LogP contribution in [0.5, 0.6) is 0 Å². The highest BCUT2D eigenvalue weighted by Crippen LogP contribution is 2.13. The fourth-order valence-corrected chi connectivity index (χ4v) is 2.95. The van der Waals surface area contributed by atoms with Crippen molar-refractivity contribution in [1.29, 1.82) is 0 Å². The smallest absolute Gasteiger partial charge is 0.326 e. The number of halogens is 2. The number of carboxylic acids is 1. The van der Waals surface area contributed by atoms with E-state index >= 15 is 0 Å². The second-order valence-electron chi connectivity index (χ2n) is 6.32. The maximum absolute atomic E-state index is 13.4. The molecule has 8 heteroatoms. The fraction of sp³-hybridized carbons (Fsp3) is 0.250. The number of carbonyl (C=O) groups excluding carboxylic acids is 2. The van der Waals surface area contributed by atoms with Gasteiger partial charge in [0.1, 0.15) is 17.9 Å². The summed E-state index contributed by atoms with van der Waals surface area (Å²) in [5.41, 5.74) is 1.24. The molecule has 0 bridgehead atoms. The van der Waals surface area contributed by atoms with Crippen LogP contribution in [0.2, 0.25) is 0 Å². The first kappa shape index (κ1) is 21.6. The minimum Gasteiger partial charge on any atom is -0.480 e. The Morgan fingerprint density at radius 1 is 1.00 bits per heavy atom. The third-order valence-electron chi connectivity index (χ3n) is 3.99. The molecule has 2 rings (SSSR count). The first-order valence-electron chi connectivity index (χ1n) is 8.53. The van der Waals surface area contributed by atoms with Crippen molar-refractivity contribution < 1.29 is 23.9 Å². The standard InChI is InChI=1S/C20H20BrFN2O4/c1-12(25)23-17(11-14-3-2-4-16(22)9-14)19(26)24-18(20(27)28)10-13-5-7-15(21)8-6-13/h2-9,17-18H,10-11H2,1H3,(H,23,25)(H,24,26)(H,27,28)/t17-,18-/m1/s1. The molecule has 0 radical (unpaired) electrons. The Morgan fingerprint density at radius 2 is 1.64 bits per heavy atom. The number of hydrogen-bond acceptors (Lipinski definition) is 3. The summed E-state index contributed by atoms with van der Waals surface area (Å²) in [5, 5.41) is 14.4. The molecule has 28 heavy (non-hydrogen) atoms. The molecule has 0 fully saturated rings. The number of aliphatic carboxylic acids is 1. The Bertz CT molecular complexity index is 858. The largest absolute Gasteiger partial charge is 0.480 e. The van der Waals surface area contributed by atoms with Crippen LogP contribution < -0.4 is 10.6 Å². The fourth-order valence-electron chi connectivity index (χ4n) is 2.68. The quantitative estimate of drug-likeness (QED) is 0.575. The van der Waals surface area contributed by atoms with E-state index in [1.165, 1.54) is 25.1 Å². The number of amides is 2. The minimum atomic E-state index is -1.19. The third kappa shape index (κ3) is 6.77. The molecule has 2 aromatic rings. The van der Waals surface area contributed by atoms with E-state index in [2.05, 4.69) is 26.6 Å². The molecule has 2 amide bonds. The molecular formula is C20H20BrFN2O4. The van der Waals surface area contributed by atoms with Crippen LogP contribution in [0.25, 0.3) is 0 Å². The number of rotatable bonds is 8. The molecule has 148 valence electrons. The highest BCUT2D eigenvalue weighted by atomic mass is 79.9. The molecular weight excluding hydrogens is 431 g/mol. The second kappa shape index (κ2) is 9.98. The number of carboxylic acid groups (broad SMARTS) is 1. The zero-order chi connectivity index (χ0) is 20.7. The lowest BCUT2D eigenvalue weighted by molar-refractivity contribution is -0.142. The van der Waals surface area contributed by atoms with Crippen molar-refractivity contribution in [2.24, 2.45) is 0 Å². The lowest BCUT2D eigenvalue weighted by atomic mass is 10.0. The Morgan fingerprint density at radius 3 is 2.21 bits per heavy atom. The topological polar surface area (TPSA) is 95.5 Å². The third-order valence-corrected chi connectivity index (χ3v) is 4.52. The molecule has 0 aliphatic carbocycles. The van der Waals surface area contributed by atoms with Gasteiger partial charge in [0, 0.05) is 24.2 Å². The molecule has 3 N–H and O–H groups in total. The summed E-state index contributed by atoms with van der Waals surface area (Å²) in [6.07, 6.45) is 0.120. The van der Waals surface area contributed by atoms with Gasteiger partial charge in [-0.1, -0.05) is 40.2 Å². The van der Waals surface area contributed by atoms with Crippen LogP contribution in [0, 0.1) is 5.82 Å². The van der Waals surface area contributed by atoms with Crippen LogP contribution in [-0.4, -0.2) is 35.0 Å². The van der Waals surface area contributed by atoms with Gasteiger partial charge in [-0.05, 0) is 35.4 Å². The zero-order valence-electron chi connectivity index (χ0n) is 15.1. The van der Waals surface area contributed by atoms with Crippen LogP contribution in [0.4, 0.5) is 4.39 Å². The molecule has 0 saturated carbocycles. The van der Waals surface area contributed by atoms with Gasteiger partial charge in [-0.15, -0.1) is 0 Å². The van der Waals surface area contributed by atoms with Gasteiger partial charge in [-0.2, -0.15) is 0 Å². The molecule has 0 aliphatic heterocycles. The monoisotopic (exact) mass is 450 g/mol. The van der Waals surface area contributed by atoms with E-state index in [1.807, 2.05) is 0 Å². The van der Waals surface area contributed by atoms with Crippen molar-refractivity contribution in [3.05, 3.63) is 69.9 Å². The molecule has 2 aromatic carbocycles. The van der Waals surface area contributed by atoms with Crippen LogP contribution in [0.15, 0.2) is 53.0 Å². The summed E-state index contributed by atoms with van der Waals surface area (Å²) in [4.78, 5) is 35.7. The lowest BCUT2D eigenvalue weighted by Gasteiger charge is -2.21. The van der Waals surface area contributed by atoms with Gasteiger partial charge in [0.05, 0.1) is 0 Å². The summed E-state index contributed by atoms with van der Waals surface area (Å²) in [6, 6.07) is 10.5. The Labute approximate surface area is 170 Å². The van der Waals surface area contributed by atoms with E-state index < -0.39 is 35.7 Å². The van der Waals surface area contributed by atoms with E-state index in [-0.39, 0.29) is 12.8 Å². The SMILES string of the molecule is CC(=O)N[C@H](Cc1cccc(F)c1)C(=O)N[C@H](Cc1ccc(Br)cc1)C(=O)O. The molecule has 0 unspecified atom stereocenters. The predicted octanol–water partition coefficient (Wildman–Crippen LogP) is 2.45. The van der Waals surface area contributed by atoms with Gasteiger partial charge in [-0.3, -0.25) is 9.59 Å². The van der Waals surface area contributed by atoms with Crippen molar-refractivity contribution in [3.63, 3.8) is 0 Å². The van der Waals surface area contributed by atoms with E-state index in [0.717, 1.165) is 10.0 Å². The van der Waals surface area contributed by atoms with Crippen LogP contribution in [0.3, 0.4) is 0 Å². The molecule has 0 saturated heterocycles. The van der Waals surface area contributed by atoms with Crippen molar-refractivity contribution in [1.82, 2.24) is 10.6 Å². The van der Waals surface area contributed by atoms with Crippen molar-refractivity contribution in [2.45, 2.75) is 31.8 Å². The molecule has 0 aliphatic rings. The van der Waals surface area contributed by atoms with Gasteiger partial charge in [0.15, 0.2) is 0 Å². The maximum atomic E-state index is 13.4. The van der Waals surface area contributed by atoms with Crippen molar-refractivity contribution in [3.8, 4) is 0 Å². The highest BCUT2D eigenvalue weighted by Gasteiger charge is 2.26.